The quantitative estimate of drug-likeness (QED) is 0.0235. The van der Waals surface area contributed by atoms with E-state index in [1.165, 1.54) is 0 Å². The molecule has 0 saturated carbocycles. The molecule has 0 radical (unpaired) electrons. The van der Waals surface area contributed by atoms with E-state index < -0.39 is 179 Å². The molecule has 4 rings (SSSR count). The second kappa shape index (κ2) is 29.6. The van der Waals surface area contributed by atoms with Gasteiger partial charge < -0.3 is 114 Å². The van der Waals surface area contributed by atoms with Gasteiger partial charge in [0.05, 0.1) is 90.8 Å². The third kappa shape index (κ3) is 17.9. The van der Waals surface area contributed by atoms with E-state index in [1.807, 2.05) is 0 Å². The Labute approximate surface area is 405 Å². The first-order chi connectivity index (χ1) is 32.7. The summed E-state index contributed by atoms with van der Waals surface area (Å²) in [6, 6.07) is 0. The molecule has 4 heterocycles. The number of ether oxygens (including phenoxy) is 9. The summed E-state index contributed by atoms with van der Waals surface area (Å²) in [6.45, 7) is -3.61. The van der Waals surface area contributed by atoms with Crippen molar-refractivity contribution in [3.63, 3.8) is 0 Å². The summed E-state index contributed by atoms with van der Waals surface area (Å²) in [5.74, 6) is -1.41. The summed E-state index contributed by atoms with van der Waals surface area (Å²) in [4.78, 5) is 0. The minimum absolute atomic E-state index is 0.0595. The molecule has 0 bridgehead atoms. The summed E-state index contributed by atoms with van der Waals surface area (Å²) in [7, 11) is -8.15. The predicted octanol–water partition coefficient (Wildman–Crippen LogP) is -9.56. The van der Waals surface area contributed by atoms with Gasteiger partial charge in [-0.3, -0.25) is 8.37 Å². The van der Waals surface area contributed by atoms with Crippen LogP contribution in [-0.2, 0) is 71.2 Å². The Morgan fingerprint density at radius 3 is 1.01 bits per heavy atom. The van der Waals surface area contributed by atoms with Crippen molar-refractivity contribution in [3.8, 4) is 0 Å². The number of hydrogen-bond donors (Lipinski definition) is 14. The zero-order valence-electron chi connectivity index (χ0n) is 36.9. The Kier molecular flexibility index (Phi) is 26.3. The second-order valence-corrected chi connectivity index (χ2v) is 21.7. The lowest BCUT2D eigenvalue weighted by Gasteiger charge is -2.46. The summed E-state index contributed by atoms with van der Waals surface area (Å²) in [6.07, 6.45) is -29.1. The van der Waals surface area contributed by atoms with Gasteiger partial charge in [-0.25, -0.2) is 0 Å². The van der Waals surface area contributed by atoms with Crippen LogP contribution in [0.2, 0.25) is 0 Å². The van der Waals surface area contributed by atoms with E-state index in [4.69, 9.17) is 51.0 Å². The molecule has 0 amide bonds. The molecule has 4 fully saturated rings. The smallest absolute Gasteiger partial charge is 0.268 e. The molecule has 4 aliphatic rings. The van der Waals surface area contributed by atoms with Crippen LogP contribution in [0, 0.1) is 0 Å². The van der Waals surface area contributed by atoms with Gasteiger partial charge in [-0.2, -0.15) is 16.8 Å². The highest BCUT2D eigenvalue weighted by Crippen LogP contribution is 2.35. The fourth-order valence-electron chi connectivity index (χ4n) is 7.02. The van der Waals surface area contributed by atoms with Crippen molar-refractivity contribution >= 4 is 43.8 Å². The Balaban J connectivity index is 1.00. The van der Waals surface area contributed by atoms with Gasteiger partial charge in [0.1, 0.15) is 109 Å². The fourth-order valence-corrected chi connectivity index (χ4v) is 11.9. The highest BCUT2D eigenvalue weighted by molar-refractivity contribution is 8.01. The van der Waals surface area contributed by atoms with Crippen molar-refractivity contribution in [1.82, 2.24) is 0 Å². The van der Waals surface area contributed by atoms with Crippen molar-refractivity contribution < 1.29 is 139 Å². The van der Waals surface area contributed by atoms with Crippen LogP contribution in [0.5, 0.6) is 0 Å². The van der Waals surface area contributed by atoms with Gasteiger partial charge in [-0.05, 0) is 0 Å². The number of rotatable bonds is 30. The Morgan fingerprint density at radius 1 is 0.377 bits per heavy atom. The molecule has 33 heteroatoms. The largest absolute Gasteiger partial charge is 0.394 e. The molecule has 0 aliphatic carbocycles. The van der Waals surface area contributed by atoms with Crippen molar-refractivity contribution in [1.29, 1.82) is 0 Å². The molecule has 4 saturated heterocycles. The topological polar surface area (TPSA) is 453 Å². The normalized spacial score (nSPS) is 39.2. The molecule has 408 valence electrons. The molecular weight excluding hydrogens is 1020 g/mol. The Bertz CT molecular complexity index is 1550. The Hall–Kier alpha value is -0.400. The highest BCUT2D eigenvalue weighted by atomic mass is 32.2. The van der Waals surface area contributed by atoms with Crippen LogP contribution in [0.4, 0.5) is 0 Å². The van der Waals surface area contributed by atoms with Gasteiger partial charge in [0.25, 0.3) is 20.2 Å². The summed E-state index contributed by atoms with van der Waals surface area (Å²) >= 11 is 1.60. The zero-order valence-corrected chi connectivity index (χ0v) is 40.1. The number of thioether (sulfide) groups is 2. The van der Waals surface area contributed by atoms with Crippen LogP contribution < -0.4 is 0 Å². The van der Waals surface area contributed by atoms with Crippen molar-refractivity contribution in [2.75, 3.05) is 102 Å². The third-order valence-electron chi connectivity index (χ3n) is 10.9. The van der Waals surface area contributed by atoms with Crippen LogP contribution in [0.1, 0.15) is 0 Å². The molecule has 14 N–H and O–H groups in total. The zero-order chi connectivity index (χ0) is 51.1. The Morgan fingerprint density at radius 2 is 0.696 bits per heavy atom. The maximum atomic E-state index is 12.4. The average Bonchev–Trinajstić information content (AvgIpc) is 3.32. The first kappa shape index (κ1) is 61.1. The van der Waals surface area contributed by atoms with Gasteiger partial charge in [0.15, 0.2) is 12.6 Å². The molecule has 0 aromatic carbocycles. The maximum Gasteiger partial charge on any atom is 0.268 e. The summed E-state index contributed by atoms with van der Waals surface area (Å²) in [5, 5.41) is 142. The van der Waals surface area contributed by atoms with Gasteiger partial charge in [-0.15, -0.1) is 23.5 Å². The number of hydrogen-bond acceptors (Lipinski definition) is 31. The molecule has 69 heavy (non-hydrogen) atoms. The van der Waals surface area contributed by atoms with Crippen LogP contribution in [0.25, 0.3) is 0 Å². The van der Waals surface area contributed by atoms with E-state index in [0.717, 1.165) is 23.5 Å². The van der Waals surface area contributed by atoms with E-state index in [1.54, 1.807) is 0 Å². The first-order valence-electron chi connectivity index (χ1n) is 21.6. The molecular formula is C36H66O29S4. The molecule has 0 aromatic heterocycles. The number of aliphatic hydroxyl groups excluding tert-OH is 14. The van der Waals surface area contributed by atoms with Crippen LogP contribution in [-0.4, -0.2) is 312 Å². The van der Waals surface area contributed by atoms with Gasteiger partial charge in [0, 0.05) is 11.5 Å². The monoisotopic (exact) mass is 1090 g/mol. The first-order valence-corrected chi connectivity index (χ1v) is 26.8. The van der Waals surface area contributed by atoms with Crippen molar-refractivity contribution in [2.24, 2.45) is 0 Å². The van der Waals surface area contributed by atoms with Gasteiger partial charge in [0.2, 0.25) is 0 Å². The fraction of sp³-hybridized carbons (Fsp3) is 1.00. The third-order valence-corrected chi connectivity index (χ3v) is 16.2. The standard InChI is InChI=1S/C36H66O29S4/c37-13-17-21(41)23(43)27(47)33(60-17)64-31-19(15-39)62-35(29(49)25(31)45)66-9-11-68(51,52)58-7-5-56-3-1-55-2-4-57-6-8-59-69(53,54)12-10-67-36-30(50)26(46)32(20(16-40)63-36)65-34-28(48)24(44)22(42)18(14-38)61-34/h17-50H,1-16H2/t17-,18-,19-,20-,21+,22+,23+,24+,25-,26-,27-,28-,29-,30-,31-,32-,33+,34+,35+,36+/m1/s1. The lowest BCUT2D eigenvalue weighted by molar-refractivity contribution is -0.338. The predicted molar refractivity (Wildman–Crippen MR) is 230 cm³/mol. The molecule has 0 spiro atoms. The summed E-state index contributed by atoms with van der Waals surface area (Å²) < 4.78 is 108. The van der Waals surface area contributed by atoms with E-state index in [2.05, 4.69) is 0 Å². The highest BCUT2D eigenvalue weighted by Gasteiger charge is 2.52. The molecule has 0 aromatic rings. The van der Waals surface area contributed by atoms with Crippen molar-refractivity contribution in [3.05, 3.63) is 0 Å². The average molecular weight is 1090 g/mol. The second-order valence-electron chi connectivity index (χ2n) is 15.8. The minimum atomic E-state index is -4.07. The lowest BCUT2D eigenvalue weighted by Crippen LogP contribution is -2.64. The maximum absolute atomic E-state index is 12.4. The lowest BCUT2D eigenvalue weighted by atomic mass is 9.97. The SMILES string of the molecule is O=S(=O)(CCS[C@@H]1O[C@H](CO)[C@@H](O[C@@H]2O[C@H](CO)[C@H](O)[C@H](O)[C@H]2O)[C@H](O)[C@H]1O)OCCOCCOCCOCCOS(=O)(=O)CCS[C@@H]1O[C@H](CO)[C@@H](O[C@@H]2O[C@H](CO)[C@H](O)[C@H](O)[C@H]2O)[C@H](O)[C@H]1O. The summed E-state index contributed by atoms with van der Waals surface area (Å²) in [5.41, 5.74) is -2.47. The van der Waals surface area contributed by atoms with Crippen LogP contribution in [0.3, 0.4) is 0 Å². The number of aliphatic hydroxyl groups is 14. The molecule has 0 unspecified atom stereocenters. The molecule has 4 aliphatic heterocycles. The molecule has 29 nitrogen and oxygen atoms in total. The van der Waals surface area contributed by atoms with E-state index in [0.29, 0.717) is 0 Å². The van der Waals surface area contributed by atoms with E-state index in [9.17, 15) is 88.3 Å². The molecule has 20 atom stereocenters. The van der Waals surface area contributed by atoms with Crippen molar-refractivity contribution in [2.45, 2.75) is 121 Å². The van der Waals surface area contributed by atoms with E-state index >= 15 is 0 Å². The van der Waals surface area contributed by atoms with Gasteiger partial charge >= 0.3 is 0 Å². The van der Waals surface area contributed by atoms with Gasteiger partial charge in [-0.1, -0.05) is 0 Å². The van der Waals surface area contributed by atoms with Crippen LogP contribution in [0.15, 0.2) is 0 Å². The minimum Gasteiger partial charge on any atom is -0.394 e. The van der Waals surface area contributed by atoms with E-state index in [-0.39, 0.29) is 64.4 Å². The van der Waals surface area contributed by atoms with Crippen LogP contribution >= 0.6 is 23.5 Å².